The first-order chi connectivity index (χ1) is 10.5. The molecule has 1 amide bonds. The van der Waals surface area contributed by atoms with E-state index in [-0.39, 0.29) is 5.91 Å². The molecule has 0 radical (unpaired) electrons. The molecule has 0 unspecified atom stereocenters. The summed E-state index contributed by atoms with van der Waals surface area (Å²) in [4.78, 5) is 14.6. The number of nitrogens with one attached hydrogen (secondary N) is 1. The van der Waals surface area contributed by atoms with E-state index in [4.69, 9.17) is 0 Å². The van der Waals surface area contributed by atoms with Gasteiger partial charge in [0.05, 0.1) is 6.54 Å². The Bertz CT molecular complexity index is 353. The minimum atomic E-state index is 0.178. The zero-order chi connectivity index (χ0) is 16.1. The van der Waals surface area contributed by atoms with Crippen LogP contribution in [-0.2, 0) is 4.79 Å². The highest BCUT2D eigenvalue weighted by Crippen LogP contribution is 2.29. The van der Waals surface area contributed by atoms with Gasteiger partial charge in [-0.1, -0.05) is 26.7 Å². The number of nitrogens with zero attached hydrogens (tertiary/aromatic N) is 1. The number of likely N-dealkylation sites (N-methyl/N-ethyl adjacent to an activating group) is 1. The van der Waals surface area contributed by atoms with Gasteiger partial charge in [-0.25, -0.2) is 0 Å². The lowest BCUT2D eigenvalue weighted by molar-refractivity contribution is -0.124. The van der Waals surface area contributed by atoms with E-state index >= 15 is 0 Å². The smallest absolute Gasteiger partial charge is 0.234 e. The van der Waals surface area contributed by atoms with Gasteiger partial charge in [-0.2, -0.15) is 0 Å². The normalized spacial score (nSPS) is 36.3. The molecule has 2 saturated carbocycles. The molecule has 22 heavy (non-hydrogen) atoms. The fourth-order valence-electron chi connectivity index (χ4n) is 4.16. The number of carbonyl (C=O) groups excluding carboxylic acids is 1. The predicted octanol–water partition coefficient (Wildman–Crippen LogP) is 2.41. The molecule has 4 nitrogen and oxygen atoms in total. The van der Waals surface area contributed by atoms with Gasteiger partial charge in [0.2, 0.25) is 5.91 Å². The second-order valence-electron chi connectivity index (χ2n) is 7.71. The fraction of sp³-hybridized carbons (Fsp3) is 0.944. The lowest BCUT2D eigenvalue weighted by Crippen LogP contribution is -2.48. The Kier molecular flexibility index (Phi) is 6.69. The van der Waals surface area contributed by atoms with Gasteiger partial charge < -0.3 is 10.4 Å². The van der Waals surface area contributed by atoms with Crippen molar-refractivity contribution in [2.75, 3.05) is 20.2 Å². The van der Waals surface area contributed by atoms with Crippen molar-refractivity contribution in [2.24, 2.45) is 17.8 Å². The zero-order valence-corrected chi connectivity index (χ0v) is 14.6. The predicted molar refractivity (Wildman–Crippen MR) is 89.6 cm³/mol. The molecule has 0 aromatic heterocycles. The van der Waals surface area contributed by atoms with E-state index in [0.29, 0.717) is 43.0 Å². The van der Waals surface area contributed by atoms with Crippen LogP contribution in [0, 0.1) is 17.8 Å². The molecule has 2 aliphatic carbocycles. The molecule has 2 aliphatic rings. The van der Waals surface area contributed by atoms with Crippen LogP contribution in [0.2, 0.25) is 0 Å². The molecule has 0 aromatic carbocycles. The summed E-state index contributed by atoms with van der Waals surface area (Å²) in [5.74, 6) is 1.95. The number of aliphatic hydroxyl groups is 1. The molecule has 0 bridgehead atoms. The minimum absolute atomic E-state index is 0.178. The van der Waals surface area contributed by atoms with Crippen molar-refractivity contribution in [3.63, 3.8) is 0 Å². The van der Waals surface area contributed by atoms with E-state index in [1.807, 2.05) is 0 Å². The van der Waals surface area contributed by atoms with E-state index in [0.717, 1.165) is 32.1 Å². The number of rotatable bonds is 5. The van der Waals surface area contributed by atoms with Crippen LogP contribution in [0.3, 0.4) is 0 Å². The van der Waals surface area contributed by atoms with Gasteiger partial charge in [0, 0.05) is 18.7 Å². The monoisotopic (exact) mass is 310 g/mol. The zero-order valence-electron chi connectivity index (χ0n) is 14.6. The molecular weight excluding hydrogens is 276 g/mol. The highest BCUT2D eigenvalue weighted by Gasteiger charge is 2.29. The summed E-state index contributed by atoms with van der Waals surface area (Å²) in [6.45, 7) is 5.39. The minimum Gasteiger partial charge on any atom is -0.396 e. The number of hydrogen-bond acceptors (Lipinski definition) is 3. The van der Waals surface area contributed by atoms with Gasteiger partial charge in [0.25, 0.3) is 0 Å². The Morgan fingerprint density at radius 1 is 1.14 bits per heavy atom. The van der Waals surface area contributed by atoms with E-state index in [1.165, 1.54) is 12.8 Å². The molecule has 4 heteroatoms. The molecule has 2 N–H and O–H groups in total. The van der Waals surface area contributed by atoms with Crippen LogP contribution in [-0.4, -0.2) is 48.2 Å². The van der Waals surface area contributed by atoms with Crippen molar-refractivity contribution in [3.05, 3.63) is 0 Å². The van der Waals surface area contributed by atoms with Gasteiger partial charge in [-0.15, -0.1) is 0 Å². The van der Waals surface area contributed by atoms with Crippen LogP contribution in [0.4, 0.5) is 0 Å². The fourth-order valence-corrected chi connectivity index (χ4v) is 4.16. The van der Waals surface area contributed by atoms with Crippen molar-refractivity contribution in [2.45, 2.75) is 70.9 Å². The quantitative estimate of drug-likeness (QED) is 0.820. The second-order valence-corrected chi connectivity index (χ2v) is 7.71. The lowest BCUT2D eigenvalue weighted by atomic mass is 9.78. The van der Waals surface area contributed by atoms with Gasteiger partial charge in [-0.05, 0) is 56.9 Å². The lowest BCUT2D eigenvalue weighted by Gasteiger charge is -2.36. The average Bonchev–Trinajstić information content (AvgIpc) is 2.52. The van der Waals surface area contributed by atoms with Crippen molar-refractivity contribution < 1.29 is 9.90 Å². The van der Waals surface area contributed by atoms with Crippen molar-refractivity contribution >= 4 is 5.91 Å². The van der Waals surface area contributed by atoms with Gasteiger partial charge in [0.1, 0.15) is 0 Å². The summed E-state index contributed by atoms with van der Waals surface area (Å²) in [5.41, 5.74) is 0. The summed E-state index contributed by atoms with van der Waals surface area (Å²) in [5, 5.41) is 12.5. The molecule has 128 valence electrons. The Labute approximate surface area is 135 Å². The number of amides is 1. The summed E-state index contributed by atoms with van der Waals surface area (Å²) >= 11 is 0. The second kappa shape index (κ2) is 8.30. The first-order valence-electron chi connectivity index (χ1n) is 9.11. The maximum Gasteiger partial charge on any atom is 0.234 e. The van der Waals surface area contributed by atoms with Crippen LogP contribution in [0.1, 0.15) is 58.8 Å². The average molecular weight is 310 g/mol. The summed E-state index contributed by atoms with van der Waals surface area (Å²) in [7, 11) is 2.07. The molecule has 0 spiro atoms. The Balaban J connectivity index is 1.74. The van der Waals surface area contributed by atoms with Crippen LogP contribution in [0.5, 0.6) is 0 Å². The SMILES string of the molecule is C[C@@H]1[C@H](C)CCC[C@@H]1NC(=O)CN(C)C1CCC(CO)CC1. The Morgan fingerprint density at radius 2 is 1.82 bits per heavy atom. The van der Waals surface area contributed by atoms with Gasteiger partial charge in [0.15, 0.2) is 0 Å². The third-order valence-corrected chi connectivity index (χ3v) is 6.14. The molecule has 2 rings (SSSR count). The molecule has 0 heterocycles. The van der Waals surface area contributed by atoms with E-state index in [2.05, 4.69) is 31.1 Å². The highest BCUT2D eigenvalue weighted by molar-refractivity contribution is 5.78. The Morgan fingerprint density at radius 3 is 2.45 bits per heavy atom. The Hall–Kier alpha value is -0.610. The summed E-state index contributed by atoms with van der Waals surface area (Å²) in [6, 6.07) is 0.853. The summed E-state index contributed by atoms with van der Waals surface area (Å²) < 4.78 is 0. The van der Waals surface area contributed by atoms with Crippen LogP contribution in [0.15, 0.2) is 0 Å². The number of carbonyl (C=O) groups is 1. The first kappa shape index (κ1) is 17.7. The van der Waals surface area contributed by atoms with Crippen LogP contribution >= 0.6 is 0 Å². The van der Waals surface area contributed by atoms with Gasteiger partial charge >= 0.3 is 0 Å². The molecule has 3 atom stereocenters. The first-order valence-corrected chi connectivity index (χ1v) is 9.11. The molecular formula is C18H34N2O2. The topological polar surface area (TPSA) is 52.6 Å². The molecule has 0 aliphatic heterocycles. The molecule has 0 saturated heterocycles. The van der Waals surface area contributed by atoms with E-state index in [9.17, 15) is 9.90 Å². The third kappa shape index (κ3) is 4.69. The number of hydrogen-bond donors (Lipinski definition) is 2. The standard InChI is InChI=1S/C18H34N2O2/c1-13-5-4-6-17(14(13)2)19-18(22)11-20(3)16-9-7-15(12-21)8-10-16/h13-17,21H,4-12H2,1-3H3,(H,19,22)/t13-,14-,15?,16?,17+/m1/s1. The largest absolute Gasteiger partial charge is 0.396 e. The van der Waals surface area contributed by atoms with Crippen LogP contribution in [0.25, 0.3) is 0 Å². The third-order valence-electron chi connectivity index (χ3n) is 6.14. The van der Waals surface area contributed by atoms with Crippen molar-refractivity contribution in [1.82, 2.24) is 10.2 Å². The molecule has 0 aromatic rings. The molecule has 2 fully saturated rings. The van der Waals surface area contributed by atoms with Crippen LogP contribution < -0.4 is 5.32 Å². The van der Waals surface area contributed by atoms with Crippen molar-refractivity contribution in [3.8, 4) is 0 Å². The highest BCUT2D eigenvalue weighted by atomic mass is 16.3. The van der Waals surface area contributed by atoms with E-state index in [1.54, 1.807) is 0 Å². The van der Waals surface area contributed by atoms with Crippen molar-refractivity contribution in [1.29, 1.82) is 0 Å². The van der Waals surface area contributed by atoms with Gasteiger partial charge in [-0.3, -0.25) is 9.69 Å². The maximum atomic E-state index is 12.3. The summed E-state index contributed by atoms with van der Waals surface area (Å²) in [6.07, 6.45) is 8.04. The maximum absolute atomic E-state index is 12.3. The van der Waals surface area contributed by atoms with E-state index < -0.39 is 0 Å². The number of aliphatic hydroxyl groups excluding tert-OH is 1.